The molecule has 94 valence electrons. The van der Waals surface area contributed by atoms with E-state index >= 15 is 0 Å². The van der Waals surface area contributed by atoms with E-state index in [-0.39, 0.29) is 6.04 Å². The Morgan fingerprint density at radius 1 is 1.53 bits per heavy atom. The van der Waals surface area contributed by atoms with E-state index in [0.717, 1.165) is 0 Å². The first-order valence-corrected chi connectivity index (χ1v) is 5.46. The monoisotopic (exact) mass is 240 g/mol. The summed E-state index contributed by atoms with van der Waals surface area (Å²) in [5, 5.41) is 0. The summed E-state index contributed by atoms with van der Waals surface area (Å²) in [5.74, 6) is -0.545. The summed E-state index contributed by atoms with van der Waals surface area (Å²) >= 11 is 0. The SMILES string of the molecule is CCC(Oc1ccc(F)cc1C(C)N)C(N)=O. The molecule has 4 N–H and O–H groups in total. The second kappa shape index (κ2) is 5.63. The molecule has 0 saturated heterocycles. The number of halogens is 1. The average Bonchev–Trinajstić information content (AvgIpc) is 2.26. The fourth-order valence-corrected chi connectivity index (χ4v) is 1.48. The number of amides is 1. The van der Waals surface area contributed by atoms with Crippen LogP contribution in [-0.2, 0) is 4.79 Å². The van der Waals surface area contributed by atoms with Crippen LogP contribution in [0.25, 0.3) is 0 Å². The smallest absolute Gasteiger partial charge is 0.258 e. The van der Waals surface area contributed by atoms with E-state index in [9.17, 15) is 9.18 Å². The summed E-state index contributed by atoms with van der Waals surface area (Å²) in [4.78, 5) is 11.1. The van der Waals surface area contributed by atoms with Gasteiger partial charge >= 0.3 is 0 Å². The normalized spacial score (nSPS) is 14.1. The number of nitrogens with two attached hydrogens (primary N) is 2. The predicted molar refractivity (Wildman–Crippen MR) is 62.9 cm³/mol. The first kappa shape index (κ1) is 13.4. The number of hydrogen-bond acceptors (Lipinski definition) is 3. The lowest BCUT2D eigenvalue weighted by atomic mass is 10.1. The van der Waals surface area contributed by atoms with Crippen molar-refractivity contribution in [1.29, 1.82) is 0 Å². The Morgan fingerprint density at radius 2 is 2.18 bits per heavy atom. The van der Waals surface area contributed by atoms with E-state index in [4.69, 9.17) is 16.2 Å². The molecule has 0 saturated carbocycles. The minimum atomic E-state index is -0.724. The predicted octanol–water partition coefficient (Wildman–Crippen LogP) is 1.49. The molecule has 1 amide bonds. The van der Waals surface area contributed by atoms with Gasteiger partial charge in [0.25, 0.3) is 5.91 Å². The fourth-order valence-electron chi connectivity index (χ4n) is 1.48. The molecule has 0 aliphatic rings. The van der Waals surface area contributed by atoms with Gasteiger partial charge in [-0.3, -0.25) is 4.79 Å². The molecule has 0 aromatic heterocycles. The molecule has 0 bridgehead atoms. The van der Waals surface area contributed by atoms with E-state index in [1.54, 1.807) is 13.8 Å². The van der Waals surface area contributed by atoms with Crippen molar-refractivity contribution < 1.29 is 13.9 Å². The van der Waals surface area contributed by atoms with Gasteiger partial charge in [0.2, 0.25) is 0 Å². The minimum absolute atomic E-state index is 0.383. The van der Waals surface area contributed by atoms with Gasteiger partial charge in [0, 0.05) is 11.6 Å². The summed E-state index contributed by atoms with van der Waals surface area (Å²) in [7, 11) is 0. The topological polar surface area (TPSA) is 78.3 Å². The molecule has 2 atom stereocenters. The molecule has 1 aromatic carbocycles. The molecular weight excluding hydrogens is 223 g/mol. The van der Waals surface area contributed by atoms with Gasteiger partial charge in [-0.25, -0.2) is 4.39 Å². The minimum Gasteiger partial charge on any atom is -0.480 e. The van der Waals surface area contributed by atoms with Crippen LogP contribution in [0, 0.1) is 5.82 Å². The van der Waals surface area contributed by atoms with Crippen molar-refractivity contribution in [1.82, 2.24) is 0 Å². The van der Waals surface area contributed by atoms with Crippen LogP contribution in [-0.4, -0.2) is 12.0 Å². The molecule has 2 unspecified atom stereocenters. The molecule has 1 rings (SSSR count). The Kier molecular flexibility index (Phi) is 4.45. The van der Waals surface area contributed by atoms with Crippen molar-refractivity contribution in [2.24, 2.45) is 11.5 Å². The first-order chi connectivity index (χ1) is 7.95. The van der Waals surface area contributed by atoms with Crippen LogP contribution in [0.1, 0.15) is 31.9 Å². The summed E-state index contributed by atoms with van der Waals surface area (Å²) < 4.78 is 18.5. The molecule has 4 nitrogen and oxygen atoms in total. The van der Waals surface area contributed by atoms with Crippen LogP contribution in [0.3, 0.4) is 0 Å². The van der Waals surface area contributed by atoms with Crippen LogP contribution in [0.2, 0.25) is 0 Å². The number of ether oxygens (including phenoxy) is 1. The quantitative estimate of drug-likeness (QED) is 0.818. The van der Waals surface area contributed by atoms with E-state index in [1.165, 1.54) is 18.2 Å². The van der Waals surface area contributed by atoms with Crippen molar-refractivity contribution in [3.05, 3.63) is 29.6 Å². The van der Waals surface area contributed by atoms with Crippen molar-refractivity contribution >= 4 is 5.91 Å². The Labute approximate surface area is 99.7 Å². The first-order valence-electron chi connectivity index (χ1n) is 5.46. The Balaban J connectivity index is 3.01. The van der Waals surface area contributed by atoms with Gasteiger partial charge in [0.1, 0.15) is 11.6 Å². The number of hydrogen-bond donors (Lipinski definition) is 2. The Bertz CT molecular complexity index is 407. The van der Waals surface area contributed by atoms with E-state index in [1.807, 2.05) is 0 Å². The second-order valence-corrected chi connectivity index (χ2v) is 3.89. The van der Waals surface area contributed by atoms with Crippen molar-refractivity contribution in [3.63, 3.8) is 0 Å². The van der Waals surface area contributed by atoms with E-state index in [2.05, 4.69) is 0 Å². The molecule has 0 fully saturated rings. The summed E-state index contributed by atoms with van der Waals surface area (Å²) in [6.45, 7) is 3.50. The third-order valence-electron chi connectivity index (χ3n) is 2.42. The van der Waals surface area contributed by atoms with E-state index in [0.29, 0.717) is 17.7 Å². The summed E-state index contributed by atoms with van der Waals surface area (Å²) in [6, 6.07) is 3.63. The fraction of sp³-hybridized carbons (Fsp3) is 0.417. The highest BCUT2D eigenvalue weighted by molar-refractivity contribution is 5.79. The van der Waals surface area contributed by atoms with Gasteiger partial charge in [-0.05, 0) is 31.5 Å². The number of primary amides is 1. The van der Waals surface area contributed by atoms with Crippen LogP contribution in [0.4, 0.5) is 4.39 Å². The molecule has 1 aromatic rings. The molecule has 5 heteroatoms. The van der Waals surface area contributed by atoms with Crippen molar-refractivity contribution in [2.75, 3.05) is 0 Å². The maximum Gasteiger partial charge on any atom is 0.258 e. The highest BCUT2D eigenvalue weighted by Crippen LogP contribution is 2.26. The van der Waals surface area contributed by atoms with Gasteiger partial charge in [-0.1, -0.05) is 6.92 Å². The van der Waals surface area contributed by atoms with Gasteiger partial charge in [0.05, 0.1) is 0 Å². The molecule has 0 aliphatic heterocycles. The van der Waals surface area contributed by atoms with Gasteiger partial charge in [0.15, 0.2) is 6.10 Å². The lowest BCUT2D eigenvalue weighted by molar-refractivity contribution is -0.124. The summed E-state index contributed by atoms with van der Waals surface area (Å²) in [6.07, 6.45) is -0.275. The maximum absolute atomic E-state index is 13.1. The number of rotatable bonds is 5. The van der Waals surface area contributed by atoms with Crippen molar-refractivity contribution in [2.45, 2.75) is 32.4 Å². The molecule has 0 spiro atoms. The number of carbonyl (C=O) groups is 1. The lowest BCUT2D eigenvalue weighted by Crippen LogP contribution is -2.33. The molecule has 0 heterocycles. The maximum atomic E-state index is 13.1. The molecule has 0 aliphatic carbocycles. The zero-order valence-electron chi connectivity index (χ0n) is 9.94. The Morgan fingerprint density at radius 3 is 2.65 bits per heavy atom. The van der Waals surface area contributed by atoms with Gasteiger partial charge in [-0.2, -0.15) is 0 Å². The van der Waals surface area contributed by atoms with Crippen molar-refractivity contribution in [3.8, 4) is 5.75 Å². The number of carbonyl (C=O) groups excluding carboxylic acids is 1. The largest absolute Gasteiger partial charge is 0.480 e. The lowest BCUT2D eigenvalue weighted by Gasteiger charge is -2.18. The molecular formula is C12H17FN2O2. The average molecular weight is 240 g/mol. The zero-order valence-corrected chi connectivity index (χ0v) is 9.94. The van der Waals surface area contributed by atoms with Crippen LogP contribution in [0.15, 0.2) is 18.2 Å². The van der Waals surface area contributed by atoms with E-state index < -0.39 is 17.8 Å². The third kappa shape index (κ3) is 3.42. The molecule has 0 radical (unpaired) electrons. The number of benzene rings is 1. The standard InChI is InChI=1S/C12H17FN2O2/c1-3-10(12(15)16)17-11-5-4-8(13)6-9(11)7(2)14/h4-7,10H,3,14H2,1-2H3,(H2,15,16). The molecule has 17 heavy (non-hydrogen) atoms. The van der Waals surface area contributed by atoms with Crippen LogP contribution >= 0.6 is 0 Å². The Hall–Kier alpha value is -1.62. The highest BCUT2D eigenvalue weighted by Gasteiger charge is 2.18. The summed E-state index contributed by atoms with van der Waals surface area (Å²) in [5.41, 5.74) is 11.4. The third-order valence-corrected chi connectivity index (χ3v) is 2.42. The van der Waals surface area contributed by atoms with Gasteiger partial charge in [-0.15, -0.1) is 0 Å². The van der Waals surface area contributed by atoms with Crippen LogP contribution in [0.5, 0.6) is 5.75 Å². The highest BCUT2D eigenvalue weighted by atomic mass is 19.1. The second-order valence-electron chi connectivity index (χ2n) is 3.89. The van der Waals surface area contributed by atoms with Gasteiger partial charge < -0.3 is 16.2 Å². The van der Waals surface area contributed by atoms with Crippen LogP contribution < -0.4 is 16.2 Å². The zero-order chi connectivity index (χ0) is 13.0.